The Morgan fingerprint density at radius 2 is 1.84 bits per heavy atom. The van der Waals surface area contributed by atoms with Crippen molar-refractivity contribution in [3.05, 3.63) is 0 Å². The van der Waals surface area contributed by atoms with Crippen LogP contribution in [0.25, 0.3) is 0 Å². The third kappa shape index (κ3) is 6.15. The molecule has 1 N–H and O–H groups in total. The summed E-state index contributed by atoms with van der Waals surface area (Å²) in [6.07, 6.45) is 1.68. The molecule has 1 unspecified atom stereocenters. The number of carbonyl (C=O) groups excluding carboxylic acids is 1. The van der Waals surface area contributed by atoms with E-state index in [9.17, 15) is 4.79 Å². The van der Waals surface area contributed by atoms with Gasteiger partial charge in [-0.15, -0.1) is 0 Å². The fourth-order valence-electron chi connectivity index (χ4n) is 3.63. The molecule has 2 aliphatic rings. The Hall–Kier alpha value is -1.34. The number of aliphatic imine (C=N–C) groups is 1. The topological polar surface area (TPSA) is 60.4 Å². The highest BCUT2D eigenvalue weighted by Crippen LogP contribution is 2.18. The van der Waals surface area contributed by atoms with E-state index in [-0.39, 0.29) is 11.9 Å². The highest BCUT2D eigenvalue weighted by molar-refractivity contribution is 5.80. The first-order chi connectivity index (χ1) is 12.0. The largest absolute Gasteiger partial charge is 0.469 e. The van der Waals surface area contributed by atoms with Gasteiger partial charge >= 0.3 is 5.97 Å². The number of piperazine rings is 1. The molecule has 144 valence electrons. The van der Waals surface area contributed by atoms with Gasteiger partial charge in [-0.2, -0.15) is 0 Å². The Morgan fingerprint density at radius 1 is 1.20 bits per heavy atom. The first-order valence-corrected chi connectivity index (χ1v) is 9.47. The molecule has 2 heterocycles. The SMILES string of the molecule is CN=C(NCC(C)CN1CCN(C)CC1)N1CCC(C(=O)OC)CC1. The molecule has 2 saturated heterocycles. The number of hydrogen-bond donors (Lipinski definition) is 1. The van der Waals surface area contributed by atoms with Crippen molar-refractivity contribution in [2.75, 3.05) is 73.6 Å². The van der Waals surface area contributed by atoms with Gasteiger partial charge in [-0.25, -0.2) is 0 Å². The Balaban J connectivity index is 1.70. The summed E-state index contributed by atoms with van der Waals surface area (Å²) in [6.45, 7) is 10.7. The summed E-state index contributed by atoms with van der Waals surface area (Å²) in [6, 6.07) is 0. The predicted molar refractivity (Wildman–Crippen MR) is 101 cm³/mol. The van der Waals surface area contributed by atoms with Crippen molar-refractivity contribution in [3.63, 3.8) is 0 Å². The van der Waals surface area contributed by atoms with Crippen molar-refractivity contribution in [1.82, 2.24) is 20.0 Å². The molecule has 0 aromatic rings. The minimum atomic E-state index is -0.0802. The number of hydrogen-bond acceptors (Lipinski definition) is 5. The number of nitrogens with one attached hydrogen (secondary N) is 1. The minimum absolute atomic E-state index is 0.0375. The second-order valence-corrected chi connectivity index (χ2v) is 7.42. The Labute approximate surface area is 152 Å². The number of piperidine rings is 1. The monoisotopic (exact) mass is 353 g/mol. The van der Waals surface area contributed by atoms with E-state index in [2.05, 4.69) is 39.0 Å². The minimum Gasteiger partial charge on any atom is -0.469 e. The summed E-state index contributed by atoms with van der Waals surface area (Å²) in [5, 5.41) is 3.52. The normalized spacial score (nSPS) is 22.7. The van der Waals surface area contributed by atoms with E-state index in [0.29, 0.717) is 5.92 Å². The molecule has 0 radical (unpaired) electrons. The zero-order chi connectivity index (χ0) is 18.2. The van der Waals surface area contributed by atoms with E-state index in [1.165, 1.54) is 7.11 Å². The zero-order valence-electron chi connectivity index (χ0n) is 16.3. The van der Waals surface area contributed by atoms with Crippen LogP contribution >= 0.6 is 0 Å². The molecule has 0 aromatic heterocycles. The fraction of sp³-hybridized carbons (Fsp3) is 0.889. The standard InChI is InChI=1S/C18H35N5O2/c1-15(14-22-11-9-21(3)10-12-22)13-20-18(19-2)23-7-5-16(6-8-23)17(24)25-4/h15-16H,5-14H2,1-4H3,(H,19,20). The average molecular weight is 354 g/mol. The van der Waals surface area contributed by atoms with Crippen LogP contribution in [-0.4, -0.2) is 100 Å². The molecule has 2 fully saturated rings. The van der Waals surface area contributed by atoms with E-state index < -0.39 is 0 Å². The molecule has 0 aliphatic carbocycles. The van der Waals surface area contributed by atoms with Crippen molar-refractivity contribution < 1.29 is 9.53 Å². The van der Waals surface area contributed by atoms with Crippen LogP contribution in [0.5, 0.6) is 0 Å². The van der Waals surface area contributed by atoms with Crippen molar-refractivity contribution in [1.29, 1.82) is 0 Å². The number of nitrogens with zero attached hydrogens (tertiary/aromatic N) is 4. The quantitative estimate of drug-likeness (QED) is 0.437. The van der Waals surface area contributed by atoms with Crippen molar-refractivity contribution in [2.24, 2.45) is 16.8 Å². The number of methoxy groups -OCH3 is 1. The fourth-order valence-corrected chi connectivity index (χ4v) is 3.63. The van der Waals surface area contributed by atoms with Crippen LogP contribution in [0.2, 0.25) is 0 Å². The van der Waals surface area contributed by atoms with Gasteiger partial charge in [0.15, 0.2) is 5.96 Å². The molecule has 0 bridgehead atoms. The van der Waals surface area contributed by atoms with Gasteiger partial charge in [0, 0.05) is 59.4 Å². The van der Waals surface area contributed by atoms with E-state index in [1.807, 2.05) is 7.05 Å². The second-order valence-electron chi connectivity index (χ2n) is 7.42. The number of rotatable bonds is 5. The van der Waals surface area contributed by atoms with Crippen LogP contribution in [0, 0.1) is 11.8 Å². The molecule has 7 nitrogen and oxygen atoms in total. The molecular formula is C18H35N5O2. The van der Waals surface area contributed by atoms with Crippen LogP contribution in [0.15, 0.2) is 4.99 Å². The van der Waals surface area contributed by atoms with Gasteiger partial charge in [0.05, 0.1) is 13.0 Å². The molecule has 2 rings (SSSR count). The predicted octanol–water partition coefficient (Wildman–Crippen LogP) is 0.330. The van der Waals surface area contributed by atoms with Crippen molar-refractivity contribution >= 4 is 11.9 Å². The van der Waals surface area contributed by atoms with Gasteiger partial charge in [0.25, 0.3) is 0 Å². The lowest BCUT2D eigenvalue weighted by Gasteiger charge is -2.35. The number of likely N-dealkylation sites (N-methyl/N-ethyl adjacent to an activating group) is 1. The highest BCUT2D eigenvalue weighted by Gasteiger charge is 2.27. The van der Waals surface area contributed by atoms with Gasteiger partial charge in [-0.05, 0) is 25.8 Å². The van der Waals surface area contributed by atoms with Gasteiger partial charge in [-0.3, -0.25) is 9.79 Å². The molecule has 0 saturated carbocycles. The lowest BCUT2D eigenvalue weighted by Crippen LogP contribution is -2.49. The maximum absolute atomic E-state index is 11.6. The van der Waals surface area contributed by atoms with E-state index in [4.69, 9.17) is 4.74 Å². The number of likely N-dealkylation sites (tertiary alicyclic amines) is 1. The van der Waals surface area contributed by atoms with E-state index >= 15 is 0 Å². The summed E-state index contributed by atoms with van der Waals surface area (Å²) in [5.41, 5.74) is 0. The van der Waals surface area contributed by atoms with Crippen LogP contribution in [0.1, 0.15) is 19.8 Å². The summed E-state index contributed by atoms with van der Waals surface area (Å²) < 4.78 is 4.86. The number of ether oxygens (including phenoxy) is 1. The molecular weight excluding hydrogens is 318 g/mol. The second kappa shape index (κ2) is 9.97. The van der Waals surface area contributed by atoms with Gasteiger partial charge in [0.1, 0.15) is 0 Å². The Morgan fingerprint density at radius 3 is 2.40 bits per heavy atom. The zero-order valence-corrected chi connectivity index (χ0v) is 16.3. The number of esters is 1. The van der Waals surface area contributed by atoms with Gasteiger partial charge < -0.3 is 24.8 Å². The maximum atomic E-state index is 11.6. The average Bonchev–Trinajstić information content (AvgIpc) is 2.64. The van der Waals surface area contributed by atoms with Gasteiger partial charge in [0.2, 0.25) is 0 Å². The van der Waals surface area contributed by atoms with Crippen molar-refractivity contribution in [3.8, 4) is 0 Å². The number of guanidine groups is 1. The number of carbonyl (C=O) groups is 1. The molecule has 0 aromatic carbocycles. The van der Waals surface area contributed by atoms with Gasteiger partial charge in [-0.1, -0.05) is 6.92 Å². The van der Waals surface area contributed by atoms with Crippen LogP contribution in [0.4, 0.5) is 0 Å². The summed E-state index contributed by atoms with van der Waals surface area (Å²) >= 11 is 0. The molecule has 0 amide bonds. The summed E-state index contributed by atoms with van der Waals surface area (Å²) in [7, 11) is 5.49. The summed E-state index contributed by atoms with van der Waals surface area (Å²) in [4.78, 5) is 23.3. The maximum Gasteiger partial charge on any atom is 0.308 e. The first kappa shape index (κ1) is 20.0. The Kier molecular flexibility index (Phi) is 7.96. The van der Waals surface area contributed by atoms with E-state index in [0.717, 1.165) is 71.2 Å². The van der Waals surface area contributed by atoms with Crippen molar-refractivity contribution in [2.45, 2.75) is 19.8 Å². The first-order valence-electron chi connectivity index (χ1n) is 9.47. The lowest BCUT2D eigenvalue weighted by molar-refractivity contribution is -0.146. The smallest absolute Gasteiger partial charge is 0.308 e. The van der Waals surface area contributed by atoms with Crippen LogP contribution in [-0.2, 0) is 9.53 Å². The summed E-state index contributed by atoms with van der Waals surface area (Å²) in [5.74, 6) is 1.49. The third-order valence-electron chi connectivity index (χ3n) is 5.32. The molecule has 7 heteroatoms. The lowest BCUT2D eigenvalue weighted by atomic mass is 9.97. The Bertz CT molecular complexity index is 441. The molecule has 25 heavy (non-hydrogen) atoms. The molecule has 2 aliphatic heterocycles. The molecule has 1 atom stereocenters. The van der Waals surface area contributed by atoms with Crippen LogP contribution in [0.3, 0.4) is 0 Å². The highest BCUT2D eigenvalue weighted by atomic mass is 16.5. The molecule has 0 spiro atoms. The van der Waals surface area contributed by atoms with E-state index in [1.54, 1.807) is 0 Å². The van der Waals surface area contributed by atoms with Crippen LogP contribution < -0.4 is 5.32 Å². The third-order valence-corrected chi connectivity index (χ3v) is 5.32.